The summed E-state index contributed by atoms with van der Waals surface area (Å²) in [5.74, 6) is -1.12. The van der Waals surface area contributed by atoms with Gasteiger partial charge in [0.05, 0.1) is 16.5 Å². The minimum absolute atomic E-state index is 0. The molecule has 0 aliphatic heterocycles. The van der Waals surface area contributed by atoms with Gasteiger partial charge < -0.3 is 35.4 Å². The monoisotopic (exact) mass is 385 g/mol. The summed E-state index contributed by atoms with van der Waals surface area (Å²) in [5, 5.41) is 50.4. The number of aliphatic hydroxyl groups excluding tert-OH is 5. The van der Waals surface area contributed by atoms with Crippen molar-refractivity contribution in [3.8, 4) is 0 Å². The van der Waals surface area contributed by atoms with Crippen molar-refractivity contribution in [2.45, 2.75) is 41.5 Å². The molecule has 25 heavy (non-hydrogen) atoms. The van der Waals surface area contributed by atoms with Gasteiger partial charge in [-0.3, -0.25) is 4.79 Å². The van der Waals surface area contributed by atoms with E-state index in [1.54, 1.807) is 0 Å². The van der Waals surface area contributed by atoms with Gasteiger partial charge in [-0.05, 0) is 12.1 Å². The molecule has 1 fully saturated rings. The predicted molar refractivity (Wildman–Crippen MR) is 75.7 cm³/mol. The molecule has 1 aromatic carbocycles. The molecule has 0 heterocycles. The van der Waals surface area contributed by atoms with Gasteiger partial charge in [-0.15, -0.1) is 0 Å². The Hall–Kier alpha value is -0.600. The number of nitrogens with one attached hydrogen (secondary N) is 1. The van der Waals surface area contributed by atoms with Crippen LogP contribution in [0.25, 0.3) is 0 Å². The molecule has 10 nitrogen and oxygen atoms in total. The maximum Gasteiger partial charge on any atom is 1.00 e. The first-order valence-electron chi connectivity index (χ1n) is 6.82. The SMILES string of the molecule is O=C(NC1[C@@H](O)[C@H](O)C(O)[C@H](O)[C@H]1O)c1ccccc1S(=O)(=O)[O-].[Na+]. The Morgan fingerprint density at radius 1 is 0.920 bits per heavy atom. The fourth-order valence-electron chi connectivity index (χ4n) is 2.51. The first kappa shape index (κ1) is 22.4. The Labute approximate surface area is 165 Å². The van der Waals surface area contributed by atoms with Gasteiger partial charge >= 0.3 is 29.6 Å². The Morgan fingerprint density at radius 3 is 1.84 bits per heavy atom. The number of aliphatic hydroxyl groups is 5. The summed E-state index contributed by atoms with van der Waals surface area (Å²) < 4.78 is 33.5. The molecule has 0 bridgehead atoms. The van der Waals surface area contributed by atoms with E-state index in [-0.39, 0.29) is 29.6 Å². The molecule has 2 unspecified atom stereocenters. The van der Waals surface area contributed by atoms with E-state index in [9.17, 15) is 43.3 Å². The molecule has 1 aliphatic carbocycles. The van der Waals surface area contributed by atoms with Crippen LogP contribution in [0.2, 0.25) is 0 Å². The summed E-state index contributed by atoms with van der Waals surface area (Å²) >= 11 is 0. The number of amides is 1. The topological polar surface area (TPSA) is 187 Å². The number of hydrogen-bond acceptors (Lipinski definition) is 9. The minimum atomic E-state index is -4.95. The molecular formula is C13H16NNaO9S. The van der Waals surface area contributed by atoms with Crippen LogP contribution in [0.1, 0.15) is 10.4 Å². The van der Waals surface area contributed by atoms with Crippen LogP contribution in [-0.4, -0.2) is 81.0 Å². The largest absolute Gasteiger partial charge is 1.00 e. The molecule has 6 atom stereocenters. The van der Waals surface area contributed by atoms with Gasteiger partial charge in [-0.1, -0.05) is 12.1 Å². The molecule has 6 N–H and O–H groups in total. The van der Waals surface area contributed by atoms with Crippen molar-refractivity contribution in [3.05, 3.63) is 29.8 Å². The van der Waals surface area contributed by atoms with Crippen molar-refractivity contribution in [3.63, 3.8) is 0 Å². The molecular weight excluding hydrogens is 369 g/mol. The molecule has 134 valence electrons. The zero-order chi connectivity index (χ0) is 18.2. The van der Waals surface area contributed by atoms with E-state index < -0.39 is 63.0 Å². The number of rotatable bonds is 3. The molecule has 0 aromatic heterocycles. The van der Waals surface area contributed by atoms with E-state index in [4.69, 9.17) is 0 Å². The molecule has 1 saturated carbocycles. The Morgan fingerprint density at radius 2 is 1.36 bits per heavy atom. The van der Waals surface area contributed by atoms with Crippen molar-refractivity contribution in [2.75, 3.05) is 0 Å². The molecule has 1 aromatic rings. The maximum absolute atomic E-state index is 12.2. The van der Waals surface area contributed by atoms with Crippen LogP contribution in [0.3, 0.4) is 0 Å². The molecule has 1 amide bonds. The normalized spacial score (nSPS) is 32.6. The fourth-order valence-corrected chi connectivity index (χ4v) is 3.18. The quantitative estimate of drug-likeness (QED) is 0.217. The van der Waals surface area contributed by atoms with Crippen molar-refractivity contribution in [1.29, 1.82) is 0 Å². The molecule has 0 spiro atoms. The summed E-state index contributed by atoms with van der Waals surface area (Å²) in [7, 11) is -4.95. The molecule has 1 aliphatic rings. The first-order chi connectivity index (χ1) is 11.1. The van der Waals surface area contributed by atoms with E-state index in [2.05, 4.69) is 5.32 Å². The van der Waals surface area contributed by atoms with Gasteiger partial charge in [0.1, 0.15) is 40.6 Å². The average Bonchev–Trinajstić information content (AvgIpc) is 2.54. The number of carbonyl (C=O) groups excluding carboxylic acids is 1. The maximum atomic E-state index is 12.2. The van der Waals surface area contributed by atoms with Crippen LogP contribution in [0.15, 0.2) is 29.2 Å². The second kappa shape index (κ2) is 8.39. The van der Waals surface area contributed by atoms with Crippen molar-refractivity contribution in [2.24, 2.45) is 0 Å². The summed E-state index contributed by atoms with van der Waals surface area (Å²) in [5.41, 5.74) is -0.526. The van der Waals surface area contributed by atoms with Crippen LogP contribution in [0, 0.1) is 0 Å². The summed E-state index contributed by atoms with van der Waals surface area (Å²) in [4.78, 5) is 11.4. The van der Waals surface area contributed by atoms with Crippen LogP contribution in [-0.2, 0) is 10.1 Å². The van der Waals surface area contributed by atoms with E-state index in [0.717, 1.165) is 12.1 Å². The van der Waals surface area contributed by atoms with E-state index >= 15 is 0 Å². The Balaban J connectivity index is 0.00000312. The number of carbonyl (C=O) groups is 1. The average molecular weight is 385 g/mol. The predicted octanol–water partition coefficient (Wildman–Crippen LogP) is -6.49. The van der Waals surface area contributed by atoms with Crippen LogP contribution in [0.5, 0.6) is 0 Å². The summed E-state index contributed by atoms with van der Waals surface area (Å²) in [6.45, 7) is 0. The van der Waals surface area contributed by atoms with Gasteiger partial charge in [-0.25, -0.2) is 8.42 Å². The number of hydrogen-bond donors (Lipinski definition) is 6. The second-order valence-corrected chi connectivity index (χ2v) is 6.75. The fraction of sp³-hybridized carbons (Fsp3) is 0.462. The Bertz CT molecular complexity index is 712. The van der Waals surface area contributed by atoms with Gasteiger partial charge in [0, 0.05) is 0 Å². The van der Waals surface area contributed by atoms with Crippen LogP contribution < -0.4 is 34.9 Å². The van der Waals surface area contributed by atoms with Gasteiger partial charge in [0.25, 0.3) is 5.91 Å². The van der Waals surface area contributed by atoms with Crippen LogP contribution >= 0.6 is 0 Å². The van der Waals surface area contributed by atoms with E-state index in [0.29, 0.717) is 0 Å². The zero-order valence-electron chi connectivity index (χ0n) is 13.1. The van der Waals surface area contributed by atoms with Crippen molar-refractivity contribution >= 4 is 16.0 Å². The van der Waals surface area contributed by atoms with Gasteiger partial charge in [0.2, 0.25) is 0 Å². The second-order valence-electron chi connectivity index (χ2n) is 5.40. The Kier molecular flexibility index (Phi) is 7.53. The third-order valence-electron chi connectivity index (χ3n) is 3.83. The first-order valence-corrected chi connectivity index (χ1v) is 8.22. The molecule has 0 radical (unpaired) electrons. The van der Waals surface area contributed by atoms with E-state index in [1.807, 2.05) is 0 Å². The molecule has 2 rings (SSSR count). The molecule has 12 heteroatoms. The third kappa shape index (κ3) is 4.57. The van der Waals surface area contributed by atoms with Gasteiger partial charge in [-0.2, -0.15) is 0 Å². The van der Waals surface area contributed by atoms with E-state index in [1.165, 1.54) is 12.1 Å². The summed E-state index contributed by atoms with van der Waals surface area (Å²) in [6.07, 6.45) is -9.21. The third-order valence-corrected chi connectivity index (χ3v) is 4.73. The van der Waals surface area contributed by atoms with Gasteiger partial charge in [0.15, 0.2) is 0 Å². The summed E-state index contributed by atoms with van der Waals surface area (Å²) in [6, 6.07) is 2.89. The van der Waals surface area contributed by atoms with Crippen molar-refractivity contribution < 1.29 is 72.9 Å². The molecule has 0 saturated heterocycles. The standard InChI is InChI=1S/C13H17NO9S.Na/c15-8-7(9(16)11(18)12(19)10(8)17)14-13(20)5-3-1-2-4-6(5)24(21,22)23;/h1-4,7-12,15-19H,(H,14,20)(H,21,22,23);/q;+1/p-1/t7?,8-,9+,10+,11-,12?;. The zero-order valence-corrected chi connectivity index (χ0v) is 15.9. The van der Waals surface area contributed by atoms with Crippen LogP contribution in [0.4, 0.5) is 0 Å². The number of benzene rings is 1. The van der Waals surface area contributed by atoms with Crippen molar-refractivity contribution in [1.82, 2.24) is 5.32 Å². The minimum Gasteiger partial charge on any atom is -0.744 e. The smallest absolute Gasteiger partial charge is 0.744 e.